The van der Waals surface area contributed by atoms with Crippen molar-refractivity contribution in [2.45, 2.75) is 39.3 Å². The number of nitrogens with two attached hydrogens (primary N) is 1. The summed E-state index contributed by atoms with van der Waals surface area (Å²) >= 11 is 6.10. The third-order valence-corrected chi connectivity index (χ3v) is 3.30. The van der Waals surface area contributed by atoms with Crippen LogP contribution in [0.15, 0.2) is 24.3 Å². The number of carbonyl (C=O) groups excluding carboxylic acids is 1. The number of amides is 1. The van der Waals surface area contributed by atoms with Gasteiger partial charge >= 0.3 is 0 Å². The molecule has 1 atom stereocenters. The molecule has 0 heterocycles. The fourth-order valence-electron chi connectivity index (χ4n) is 1.85. The van der Waals surface area contributed by atoms with Gasteiger partial charge in [0.05, 0.1) is 6.04 Å². The minimum Gasteiger partial charge on any atom is -0.337 e. The summed E-state index contributed by atoms with van der Waals surface area (Å²) in [6.45, 7) is 5.14. The minimum atomic E-state index is -0.405. The second-order valence-electron chi connectivity index (χ2n) is 4.34. The number of hydrogen-bond acceptors (Lipinski definition) is 2. The molecule has 1 rings (SSSR count). The molecule has 0 radical (unpaired) electrons. The molecule has 100 valence electrons. The standard InChI is InChI=1S/C14H21ClN2O/c1-3-7-13(16)14(18)17(4-2)10-11-8-5-6-9-12(11)15/h5-6,8-9,13H,3-4,7,10,16H2,1-2H3/t13-/m1/s1. The Morgan fingerprint density at radius 1 is 1.39 bits per heavy atom. The van der Waals surface area contributed by atoms with Crippen LogP contribution < -0.4 is 5.73 Å². The van der Waals surface area contributed by atoms with Gasteiger partial charge in [-0.3, -0.25) is 4.79 Å². The zero-order valence-corrected chi connectivity index (χ0v) is 11.8. The van der Waals surface area contributed by atoms with E-state index in [-0.39, 0.29) is 5.91 Å². The first-order chi connectivity index (χ1) is 8.60. The van der Waals surface area contributed by atoms with Crippen LogP contribution in [0.1, 0.15) is 32.3 Å². The van der Waals surface area contributed by atoms with Crippen molar-refractivity contribution >= 4 is 17.5 Å². The van der Waals surface area contributed by atoms with E-state index in [0.717, 1.165) is 18.4 Å². The van der Waals surface area contributed by atoms with Gasteiger partial charge in [0.1, 0.15) is 0 Å². The molecular formula is C14H21ClN2O. The molecule has 0 saturated heterocycles. The predicted octanol–water partition coefficient (Wildman–Crippen LogP) is 2.82. The number of likely N-dealkylation sites (N-methyl/N-ethyl adjacent to an activating group) is 1. The van der Waals surface area contributed by atoms with Gasteiger partial charge in [0, 0.05) is 18.1 Å². The van der Waals surface area contributed by atoms with E-state index in [1.807, 2.05) is 38.1 Å². The lowest BCUT2D eigenvalue weighted by Gasteiger charge is -2.24. The molecule has 1 amide bonds. The fourth-order valence-corrected chi connectivity index (χ4v) is 2.04. The fraction of sp³-hybridized carbons (Fsp3) is 0.500. The summed E-state index contributed by atoms with van der Waals surface area (Å²) in [5.41, 5.74) is 6.83. The normalized spacial score (nSPS) is 12.2. The smallest absolute Gasteiger partial charge is 0.239 e. The Morgan fingerprint density at radius 2 is 2.06 bits per heavy atom. The van der Waals surface area contributed by atoms with Crippen molar-refractivity contribution in [1.82, 2.24) is 4.90 Å². The third-order valence-electron chi connectivity index (χ3n) is 2.93. The highest BCUT2D eigenvalue weighted by Gasteiger charge is 2.19. The van der Waals surface area contributed by atoms with E-state index >= 15 is 0 Å². The van der Waals surface area contributed by atoms with Crippen LogP contribution in [0.4, 0.5) is 0 Å². The topological polar surface area (TPSA) is 46.3 Å². The van der Waals surface area contributed by atoms with E-state index < -0.39 is 6.04 Å². The Kier molecular flexibility index (Phi) is 6.16. The maximum Gasteiger partial charge on any atom is 0.239 e. The Morgan fingerprint density at radius 3 is 2.61 bits per heavy atom. The molecule has 4 heteroatoms. The molecule has 0 unspecified atom stereocenters. The number of hydrogen-bond donors (Lipinski definition) is 1. The van der Waals surface area contributed by atoms with Crippen LogP contribution in [0.3, 0.4) is 0 Å². The maximum atomic E-state index is 12.1. The van der Waals surface area contributed by atoms with Crippen molar-refractivity contribution in [1.29, 1.82) is 0 Å². The van der Waals surface area contributed by atoms with Gasteiger partial charge in [-0.2, -0.15) is 0 Å². The monoisotopic (exact) mass is 268 g/mol. The van der Waals surface area contributed by atoms with Gasteiger partial charge in [0.25, 0.3) is 0 Å². The summed E-state index contributed by atoms with van der Waals surface area (Å²) in [5.74, 6) is -0.000676. The molecule has 3 nitrogen and oxygen atoms in total. The first-order valence-corrected chi connectivity index (χ1v) is 6.75. The van der Waals surface area contributed by atoms with Crippen LogP contribution in [-0.2, 0) is 11.3 Å². The summed E-state index contributed by atoms with van der Waals surface area (Å²) in [7, 11) is 0. The van der Waals surface area contributed by atoms with Crippen molar-refractivity contribution in [2.75, 3.05) is 6.54 Å². The molecule has 18 heavy (non-hydrogen) atoms. The van der Waals surface area contributed by atoms with Crippen molar-refractivity contribution in [3.05, 3.63) is 34.9 Å². The largest absolute Gasteiger partial charge is 0.337 e. The van der Waals surface area contributed by atoms with Gasteiger partial charge < -0.3 is 10.6 Å². The number of nitrogens with zero attached hydrogens (tertiary/aromatic N) is 1. The lowest BCUT2D eigenvalue weighted by molar-refractivity contribution is -0.133. The van der Waals surface area contributed by atoms with Crippen LogP contribution >= 0.6 is 11.6 Å². The molecule has 2 N–H and O–H groups in total. The summed E-state index contributed by atoms with van der Waals surface area (Å²) < 4.78 is 0. The highest BCUT2D eigenvalue weighted by atomic mass is 35.5. The van der Waals surface area contributed by atoms with Crippen LogP contribution in [0.25, 0.3) is 0 Å². The maximum absolute atomic E-state index is 12.1. The molecule has 0 aliphatic rings. The summed E-state index contributed by atoms with van der Waals surface area (Å²) in [4.78, 5) is 13.9. The molecule has 1 aromatic rings. The third kappa shape index (κ3) is 4.00. The first-order valence-electron chi connectivity index (χ1n) is 6.37. The Labute approximate surface area is 114 Å². The average Bonchev–Trinajstić information content (AvgIpc) is 2.37. The van der Waals surface area contributed by atoms with Crippen LogP contribution in [-0.4, -0.2) is 23.4 Å². The molecule has 0 aliphatic carbocycles. The van der Waals surface area contributed by atoms with Gasteiger partial charge in [0.2, 0.25) is 5.91 Å². The van der Waals surface area contributed by atoms with Crippen molar-refractivity contribution in [3.8, 4) is 0 Å². The van der Waals surface area contributed by atoms with E-state index in [9.17, 15) is 4.79 Å². The number of rotatable bonds is 6. The van der Waals surface area contributed by atoms with Crippen LogP contribution in [0, 0.1) is 0 Å². The zero-order valence-electron chi connectivity index (χ0n) is 11.0. The molecule has 0 saturated carbocycles. The second kappa shape index (κ2) is 7.39. The molecule has 0 aliphatic heterocycles. The van der Waals surface area contributed by atoms with Gasteiger partial charge in [-0.05, 0) is 25.0 Å². The van der Waals surface area contributed by atoms with E-state index in [1.165, 1.54) is 0 Å². The second-order valence-corrected chi connectivity index (χ2v) is 4.75. The number of carbonyl (C=O) groups is 1. The van der Waals surface area contributed by atoms with Gasteiger partial charge in [-0.25, -0.2) is 0 Å². The van der Waals surface area contributed by atoms with Gasteiger partial charge in [-0.15, -0.1) is 0 Å². The highest BCUT2D eigenvalue weighted by molar-refractivity contribution is 6.31. The Hall–Kier alpha value is -1.06. The highest BCUT2D eigenvalue weighted by Crippen LogP contribution is 2.17. The number of benzene rings is 1. The van der Waals surface area contributed by atoms with Crippen LogP contribution in [0.5, 0.6) is 0 Å². The van der Waals surface area contributed by atoms with Crippen LogP contribution in [0.2, 0.25) is 5.02 Å². The lowest BCUT2D eigenvalue weighted by atomic mass is 10.1. The minimum absolute atomic E-state index is 0.000676. The van der Waals surface area contributed by atoms with E-state index in [1.54, 1.807) is 4.90 Å². The van der Waals surface area contributed by atoms with E-state index in [2.05, 4.69) is 0 Å². The Bertz CT molecular complexity index is 395. The summed E-state index contributed by atoms with van der Waals surface area (Å²) in [5, 5.41) is 0.688. The first kappa shape index (κ1) is 15.0. The molecule has 0 bridgehead atoms. The molecule has 0 fully saturated rings. The van der Waals surface area contributed by atoms with Gasteiger partial charge in [0.15, 0.2) is 0 Å². The average molecular weight is 269 g/mol. The summed E-state index contributed by atoms with van der Waals surface area (Å²) in [6.07, 6.45) is 1.63. The SMILES string of the molecule is CCC[C@@H](N)C(=O)N(CC)Cc1ccccc1Cl. The van der Waals surface area contributed by atoms with Crippen molar-refractivity contribution < 1.29 is 4.79 Å². The van der Waals surface area contributed by atoms with E-state index in [0.29, 0.717) is 18.1 Å². The molecule has 1 aromatic carbocycles. The van der Waals surface area contributed by atoms with Crippen molar-refractivity contribution in [2.24, 2.45) is 5.73 Å². The predicted molar refractivity (Wildman–Crippen MR) is 75.4 cm³/mol. The quantitative estimate of drug-likeness (QED) is 0.862. The molecule has 0 spiro atoms. The molecular weight excluding hydrogens is 248 g/mol. The van der Waals surface area contributed by atoms with Crippen molar-refractivity contribution in [3.63, 3.8) is 0 Å². The van der Waals surface area contributed by atoms with E-state index in [4.69, 9.17) is 17.3 Å². The Balaban J connectivity index is 2.73. The zero-order chi connectivity index (χ0) is 13.5. The van der Waals surface area contributed by atoms with Gasteiger partial charge in [-0.1, -0.05) is 43.1 Å². The number of halogens is 1. The molecule has 0 aromatic heterocycles. The summed E-state index contributed by atoms with van der Waals surface area (Å²) in [6, 6.07) is 7.17. The lowest BCUT2D eigenvalue weighted by Crippen LogP contribution is -2.43.